The lowest BCUT2D eigenvalue weighted by Crippen LogP contribution is -2.11. The van der Waals surface area contributed by atoms with Crippen molar-refractivity contribution < 1.29 is 9.15 Å². The molecule has 7 nitrogen and oxygen atoms in total. The van der Waals surface area contributed by atoms with Crippen molar-refractivity contribution in [3.8, 4) is 23.1 Å². The first-order valence-corrected chi connectivity index (χ1v) is 11.4. The Morgan fingerprint density at radius 2 is 1.97 bits per heavy atom. The Bertz CT molecular complexity index is 1730. The maximum absolute atomic E-state index is 13.4. The number of fused-ring (bicyclic) bond motifs is 2. The summed E-state index contributed by atoms with van der Waals surface area (Å²) in [7, 11) is 1.87. The molecule has 0 amide bonds. The summed E-state index contributed by atoms with van der Waals surface area (Å²) in [6, 6.07) is 14.7. The fourth-order valence-corrected chi connectivity index (χ4v) is 4.43. The van der Waals surface area contributed by atoms with E-state index in [1.54, 1.807) is 23.7 Å². The second-order valence-corrected chi connectivity index (χ2v) is 8.93. The average molecular weight is 485 g/mol. The van der Waals surface area contributed by atoms with Crippen LogP contribution in [0.15, 0.2) is 57.9 Å². The van der Waals surface area contributed by atoms with Gasteiger partial charge in [0, 0.05) is 35.3 Å². The second kappa shape index (κ2) is 8.57. The van der Waals surface area contributed by atoms with Crippen molar-refractivity contribution >= 4 is 33.5 Å². The van der Waals surface area contributed by atoms with Gasteiger partial charge in [-0.15, -0.1) is 0 Å². The Hall–Kier alpha value is -4.15. The van der Waals surface area contributed by atoms with Crippen LogP contribution in [0.4, 0.5) is 0 Å². The molecule has 0 N–H and O–H groups in total. The van der Waals surface area contributed by atoms with Crippen LogP contribution in [-0.4, -0.2) is 14.8 Å². The predicted molar refractivity (Wildman–Crippen MR) is 135 cm³/mol. The van der Waals surface area contributed by atoms with Crippen LogP contribution in [0.3, 0.4) is 0 Å². The maximum Gasteiger partial charge on any atom is 0.196 e. The highest BCUT2D eigenvalue weighted by Crippen LogP contribution is 2.34. The van der Waals surface area contributed by atoms with E-state index in [0.29, 0.717) is 33.6 Å². The normalized spacial score (nSPS) is 12.1. The number of aryl methyl sites for hydroxylation is 2. The number of halogens is 1. The van der Waals surface area contributed by atoms with Crippen molar-refractivity contribution in [2.75, 3.05) is 0 Å². The lowest BCUT2D eigenvalue weighted by Gasteiger charge is -2.18. The van der Waals surface area contributed by atoms with Gasteiger partial charge in [0.25, 0.3) is 0 Å². The molecule has 2 aromatic carbocycles. The van der Waals surface area contributed by atoms with Gasteiger partial charge >= 0.3 is 0 Å². The molecule has 0 fully saturated rings. The van der Waals surface area contributed by atoms with E-state index in [0.717, 1.165) is 22.0 Å². The molecule has 35 heavy (non-hydrogen) atoms. The van der Waals surface area contributed by atoms with Crippen LogP contribution in [0.5, 0.6) is 5.75 Å². The lowest BCUT2D eigenvalue weighted by atomic mass is 9.99. The molecule has 0 saturated carbocycles. The third-order valence-corrected chi connectivity index (χ3v) is 6.16. The van der Waals surface area contributed by atoms with Gasteiger partial charge in [-0.2, -0.15) is 10.4 Å². The zero-order valence-electron chi connectivity index (χ0n) is 19.6. The number of hydrogen-bond acceptors (Lipinski definition) is 6. The van der Waals surface area contributed by atoms with Gasteiger partial charge in [-0.1, -0.05) is 11.6 Å². The SMILES string of the molecule is Cc1cc([C@@H](C)Oc2ccc(Cl)nc2C#N)c2oc(-c3ccc4nn(C)cc4c3)c(C)c(=O)c2c1. The summed E-state index contributed by atoms with van der Waals surface area (Å²) in [5, 5.41) is 15.5. The van der Waals surface area contributed by atoms with Crippen molar-refractivity contribution in [3.05, 3.63) is 86.4 Å². The molecule has 3 aromatic heterocycles. The molecule has 0 bridgehead atoms. The Balaban J connectivity index is 1.68. The quantitative estimate of drug-likeness (QED) is 0.289. The van der Waals surface area contributed by atoms with E-state index in [1.807, 2.05) is 63.5 Å². The minimum Gasteiger partial charge on any atom is -0.483 e. The monoisotopic (exact) mass is 484 g/mol. The van der Waals surface area contributed by atoms with E-state index in [4.69, 9.17) is 20.8 Å². The van der Waals surface area contributed by atoms with E-state index < -0.39 is 6.10 Å². The zero-order valence-corrected chi connectivity index (χ0v) is 20.3. The molecule has 0 aliphatic heterocycles. The number of nitrogens with zero attached hydrogens (tertiary/aromatic N) is 4. The molecule has 8 heteroatoms. The van der Waals surface area contributed by atoms with Crippen molar-refractivity contribution in [1.82, 2.24) is 14.8 Å². The molecule has 0 aliphatic rings. The minimum atomic E-state index is -0.535. The first kappa shape index (κ1) is 22.6. The highest BCUT2D eigenvalue weighted by Gasteiger charge is 2.21. The molecule has 0 radical (unpaired) electrons. The van der Waals surface area contributed by atoms with Gasteiger partial charge in [0.2, 0.25) is 0 Å². The first-order valence-electron chi connectivity index (χ1n) is 11.0. The number of hydrogen-bond donors (Lipinski definition) is 0. The van der Waals surface area contributed by atoms with E-state index in [2.05, 4.69) is 10.1 Å². The number of aromatic nitrogens is 3. The van der Waals surface area contributed by atoms with Crippen LogP contribution in [0.2, 0.25) is 5.15 Å². The average Bonchev–Trinajstić information content (AvgIpc) is 3.21. The Labute approximate surface area is 206 Å². The largest absolute Gasteiger partial charge is 0.483 e. The third kappa shape index (κ3) is 4.02. The topological polar surface area (TPSA) is 93.9 Å². The van der Waals surface area contributed by atoms with Gasteiger partial charge in [0.05, 0.1) is 10.9 Å². The van der Waals surface area contributed by atoms with Gasteiger partial charge < -0.3 is 9.15 Å². The summed E-state index contributed by atoms with van der Waals surface area (Å²) in [6.45, 7) is 5.53. The van der Waals surface area contributed by atoms with Crippen molar-refractivity contribution in [3.63, 3.8) is 0 Å². The molecule has 0 unspecified atom stereocenters. The Kier molecular flexibility index (Phi) is 5.54. The highest BCUT2D eigenvalue weighted by molar-refractivity contribution is 6.29. The summed E-state index contributed by atoms with van der Waals surface area (Å²) in [5.74, 6) is 0.798. The number of rotatable bonds is 4. The van der Waals surface area contributed by atoms with E-state index in [1.165, 1.54) is 0 Å². The Morgan fingerprint density at radius 3 is 2.74 bits per heavy atom. The molecule has 0 saturated heterocycles. The lowest BCUT2D eigenvalue weighted by molar-refractivity contribution is 0.225. The van der Waals surface area contributed by atoms with Crippen LogP contribution in [0.25, 0.3) is 33.2 Å². The molecule has 174 valence electrons. The number of nitriles is 1. The van der Waals surface area contributed by atoms with Crippen LogP contribution in [-0.2, 0) is 7.05 Å². The van der Waals surface area contributed by atoms with Crippen molar-refractivity contribution in [2.24, 2.45) is 7.05 Å². The molecular formula is C27H21ClN4O3. The standard InChI is InChI=1S/C27H21ClN4O3/c1-14-9-19(16(3)34-23-7-8-24(28)30-22(23)12-29)27-20(10-14)25(33)15(2)26(35-27)17-5-6-21-18(11-17)13-32(4)31-21/h5-11,13,16H,1-4H3/t16-/m1/s1. The second-order valence-electron chi connectivity index (χ2n) is 8.55. The minimum absolute atomic E-state index is 0.0871. The molecule has 1 atom stereocenters. The maximum atomic E-state index is 13.4. The molecule has 5 rings (SSSR count). The fourth-order valence-electron chi connectivity index (χ4n) is 4.29. The van der Waals surface area contributed by atoms with Crippen LogP contribution in [0.1, 0.15) is 35.4 Å². The summed E-state index contributed by atoms with van der Waals surface area (Å²) in [4.78, 5) is 17.5. The highest BCUT2D eigenvalue weighted by atomic mass is 35.5. The van der Waals surface area contributed by atoms with Crippen molar-refractivity contribution in [2.45, 2.75) is 26.9 Å². The fraction of sp³-hybridized carbons (Fsp3) is 0.185. The van der Waals surface area contributed by atoms with Gasteiger partial charge in [0.15, 0.2) is 16.9 Å². The van der Waals surface area contributed by atoms with Crippen LogP contribution < -0.4 is 10.2 Å². The number of pyridine rings is 1. The molecule has 3 heterocycles. The van der Waals surface area contributed by atoms with E-state index in [-0.39, 0.29) is 16.3 Å². The number of benzene rings is 2. The molecule has 5 aromatic rings. The predicted octanol–water partition coefficient (Wildman–Crippen LogP) is 6.02. The van der Waals surface area contributed by atoms with Gasteiger partial charge in [0.1, 0.15) is 28.7 Å². The van der Waals surface area contributed by atoms with Crippen LogP contribution >= 0.6 is 11.6 Å². The molecule has 0 aliphatic carbocycles. The summed E-state index contributed by atoms with van der Waals surface area (Å²) in [5.41, 5.74) is 4.20. The van der Waals surface area contributed by atoms with Crippen LogP contribution in [0, 0.1) is 25.2 Å². The van der Waals surface area contributed by atoms with Gasteiger partial charge in [-0.05, 0) is 68.8 Å². The molecular weight excluding hydrogens is 464 g/mol. The molecule has 0 spiro atoms. The third-order valence-electron chi connectivity index (χ3n) is 5.94. The zero-order chi connectivity index (χ0) is 24.9. The first-order chi connectivity index (χ1) is 16.7. The smallest absolute Gasteiger partial charge is 0.196 e. The summed E-state index contributed by atoms with van der Waals surface area (Å²) in [6.07, 6.45) is 1.39. The van der Waals surface area contributed by atoms with Gasteiger partial charge in [-0.3, -0.25) is 9.48 Å². The van der Waals surface area contributed by atoms with Crippen molar-refractivity contribution in [1.29, 1.82) is 5.26 Å². The number of ether oxygens (including phenoxy) is 1. The van der Waals surface area contributed by atoms with Gasteiger partial charge in [-0.25, -0.2) is 4.98 Å². The van der Waals surface area contributed by atoms with E-state index in [9.17, 15) is 10.1 Å². The van der Waals surface area contributed by atoms with E-state index >= 15 is 0 Å². The summed E-state index contributed by atoms with van der Waals surface area (Å²) < 4.78 is 14.3. The Morgan fingerprint density at radius 1 is 1.17 bits per heavy atom. The summed E-state index contributed by atoms with van der Waals surface area (Å²) >= 11 is 5.92.